The summed E-state index contributed by atoms with van der Waals surface area (Å²) in [7, 11) is 0. The van der Waals surface area contributed by atoms with Crippen molar-refractivity contribution in [2.24, 2.45) is 10.9 Å². The largest absolute Gasteiger partial charge is 0.462 e. The van der Waals surface area contributed by atoms with Crippen LogP contribution in [-0.4, -0.2) is 23.6 Å². The first-order chi connectivity index (χ1) is 11.5. The number of halogens is 5. The van der Waals surface area contributed by atoms with Crippen molar-refractivity contribution in [2.75, 3.05) is 6.61 Å². The van der Waals surface area contributed by atoms with E-state index < -0.39 is 46.8 Å². The van der Waals surface area contributed by atoms with Crippen LogP contribution in [0.5, 0.6) is 0 Å². The molecule has 138 valence electrons. The normalized spacial score (nSPS) is 11.6. The van der Waals surface area contributed by atoms with Crippen molar-refractivity contribution in [3.63, 3.8) is 0 Å². The predicted molar refractivity (Wildman–Crippen MR) is 76.5 cm³/mol. The molecule has 0 unspecified atom stereocenters. The van der Waals surface area contributed by atoms with E-state index in [4.69, 9.17) is 0 Å². The van der Waals surface area contributed by atoms with Gasteiger partial charge in [0.2, 0.25) is 6.08 Å². The zero-order chi connectivity index (χ0) is 19.4. The Labute approximate surface area is 139 Å². The van der Waals surface area contributed by atoms with Crippen LogP contribution in [0.1, 0.15) is 54.5 Å². The molecule has 10 heteroatoms. The fraction of sp³-hybridized carbons (Fsp3) is 0.533. The monoisotopic (exact) mass is 366 g/mol. The first-order valence-electron chi connectivity index (χ1n) is 7.21. The number of nitrogens with zero attached hydrogens (tertiary/aromatic N) is 2. The number of aromatic nitrogens is 1. The second-order valence-electron chi connectivity index (χ2n) is 5.37. The first-order valence-corrected chi connectivity index (χ1v) is 7.21. The lowest BCUT2D eigenvalue weighted by Crippen LogP contribution is -2.22. The fourth-order valence-corrected chi connectivity index (χ4v) is 2.20. The van der Waals surface area contributed by atoms with Crippen LogP contribution in [0.3, 0.4) is 0 Å². The van der Waals surface area contributed by atoms with E-state index in [9.17, 15) is 31.5 Å². The molecule has 1 rings (SSSR count). The van der Waals surface area contributed by atoms with Gasteiger partial charge >= 0.3 is 12.1 Å². The number of aliphatic imine (C=N–C) groups is 1. The van der Waals surface area contributed by atoms with Gasteiger partial charge in [0.05, 0.1) is 12.2 Å². The molecule has 0 atom stereocenters. The number of pyridine rings is 1. The minimum Gasteiger partial charge on any atom is -0.462 e. The Bertz CT molecular complexity index is 695. The van der Waals surface area contributed by atoms with E-state index >= 15 is 0 Å². The summed E-state index contributed by atoms with van der Waals surface area (Å²) >= 11 is 0. The highest BCUT2D eigenvalue weighted by Crippen LogP contribution is 2.41. The maximum atomic E-state index is 13.3. The molecule has 0 aliphatic carbocycles. The molecule has 0 amide bonds. The first kappa shape index (κ1) is 20.7. The van der Waals surface area contributed by atoms with Gasteiger partial charge in [0.25, 0.3) is 6.43 Å². The number of hydrogen-bond donors (Lipinski definition) is 0. The van der Waals surface area contributed by atoms with E-state index in [1.165, 1.54) is 6.92 Å². The zero-order valence-electron chi connectivity index (χ0n) is 13.6. The standard InChI is InChI=1S/C15H15F5N2O3/c1-4-25-14(24)9-8(5-7(2)3)10(21-6-23)11(13(16)17)22-12(9)15(18,19)20/h7,13H,4-5H2,1-3H3. The summed E-state index contributed by atoms with van der Waals surface area (Å²) in [5, 5.41) is 0. The number of carbonyl (C=O) groups is 1. The lowest BCUT2D eigenvalue weighted by molar-refractivity contribution is -0.142. The Hall–Kier alpha value is -2.35. The highest BCUT2D eigenvalue weighted by molar-refractivity contribution is 5.94. The highest BCUT2D eigenvalue weighted by Gasteiger charge is 2.42. The Kier molecular flexibility index (Phi) is 6.75. The summed E-state index contributed by atoms with van der Waals surface area (Å²) in [6, 6.07) is 0. The lowest BCUT2D eigenvalue weighted by atomic mass is 9.94. The molecular formula is C15H15F5N2O3. The summed E-state index contributed by atoms with van der Waals surface area (Å²) < 4.78 is 70.9. The van der Waals surface area contributed by atoms with E-state index in [1.54, 1.807) is 13.8 Å². The molecule has 0 saturated carbocycles. The minimum atomic E-state index is -5.18. The molecular weight excluding hydrogens is 351 g/mol. The van der Waals surface area contributed by atoms with Crippen LogP contribution in [0.4, 0.5) is 27.6 Å². The lowest BCUT2D eigenvalue weighted by Gasteiger charge is -2.20. The second-order valence-corrected chi connectivity index (χ2v) is 5.37. The molecule has 0 saturated heterocycles. The van der Waals surface area contributed by atoms with Crippen molar-refractivity contribution < 1.29 is 36.3 Å². The minimum absolute atomic E-state index is 0.222. The van der Waals surface area contributed by atoms with E-state index in [2.05, 4.69) is 14.7 Å². The molecule has 25 heavy (non-hydrogen) atoms. The number of esters is 1. The molecule has 0 aliphatic rings. The predicted octanol–water partition coefficient (Wildman–Crippen LogP) is 4.38. The van der Waals surface area contributed by atoms with Gasteiger partial charge in [-0.1, -0.05) is 13.8 Å². The quantitative estimate of drug-likeness (QED) is 0.324. The van der Waals surface area contributed by atoms with Gasteiger partial charge in [-0.2, -0.15) is 18.2 Å². The molecule has 1 heterocycles. The van der Waals surface area contributed by atoms with Crippen molar-refractivity contribution in [2.45, 2.75) is 39.8 Å². The topological polar surface area (TPSA) is 68.6 Å². The Morgan fingerprint density at radius 1 is 1.32 bits per heavy atom. The molecule has 1 aromatic rings. The number of hydrogen-bond acceptors (Lipinski definition) is 5. The van der Waals surface area contributed by atoms with Crippen molar-refractivity contribution in [1.29, 1.82) is 0 Å². The molecule has 0 fully saturated rings. The number of carbonyl (C=O) groups excluding carboxylic acids is 2. The van der Waals surface area contributed by atoms with E-state index in [0.29, 0.717) is 0 Å². The third-order valence-corrected chi connectivity index (χ3v) is 3.02. The van der Waals surface area contributed by atoms with Crippen LogP contribution in [0, 0.1) is 5.92 Å². The van der Waals surface area contributed by atoms with Crippen LogP contribution in [-0.2, 0) is 22.1 Å². The third-order valence-electron chi connectivity index (χ3n) is 3.02. The van der Waals surface area contributed by atoms with Gasteiger partial charge in [-0.15, -0.1) is 0 Å². The van der Waals surface area contributed by atoms with E-state index in [0.717, 1.165) is 6.08 Å². The van der Waals surface area contributed by atoms with Gasteiger partial charge in [-0.05, 0) is 24.8 Å². The van der Waals surface area contributed by atoms with Crippen LogP contribution >= 0.6 is 0 Å². The van der Waals surface area contributed by atoms with Gasteiger partial charge < -0.3 is 4.74 Å². The number of rotatable bonds is 6. The Morgan fingerprint density at radius 3 is 2.32 bits per heavy atom. The molecule has 1 aromatic heterocycles. The number of alkyl halides is 5. The Morgan fingerprint density at radius 2 is 1.92 bits per heavy atom. The summed E-state index contributed by atoms with van der Waals surface area (Å²) in [4.78, 5) is 28.6. The average molecular weight is 366 g/mol. The molecule has 0 radical (unpaired) electrons. The van der Waals surface area contributed by atoms with Gasteiger partial charge in [-0.3, -0.25) is 0 Å². The summed E-state index contributed by atoms with van der Waals surface area (Å²) in [6.07, 6.45) is -7.82. The molecule has 0 N–H and O–H groups in total. The smallest absolute Gasteiger partial charge is 0.434 e. The van der Waals surface area contributed by atoms with Crippen LogP contribution in [0.25, 0.3) is 0 Å². The molecule has 0 aliphatic heterocycles. The van der Waals surface area contributed by atoms with Crippen molar-refractivity contribution in [3.8, 4) is 0 Å². The maximum absolute atomic E-state index is 13.3. The zero-order valence-corrected chi connectivity index (χ0v) is 13.6. The summed E-state index contributed by atoms with van der Waals surface area (Å²) in [5.41, 5.74) is -5.38. The second kappa shape index (κ2) is 8.15. The van der Waals surface area contributed by atoms with Crippen molar-refractivity contribution in [3.05, 3.63) is 22.5 Å². The van der Waals surface area contributed by atoms with Gasteiger partial charge in [0.1, 0.15) is 11.4 Å². The van der Waals surface area contributed by atoms with E-state index in [1.807, 2.05) is 0 Å². The summed E-state index contributed by atoms with van der Waals surface area (Å²) in [5.74, 6) is -1.70. The SMILES string of the molecule is CCOC(=O)c1c(C(F)(F)F)nc(C(F)F)c(N=C=O)c1CC(C)C. The average Bonchev–Trinajstić information content (AvgIpc) is 2.46. The molecule has 5 nitrogen and oxygen atoms in total. The molecule has 0 spiro atoms. The van der Waals surface area contributed by atoms with Crippen molar-refractivity contribution >= 4 is 17.7 Å². The van der Waals surface area contributed by atoms with Crippen LogP contribution in [0.15, 0.2) is 4.99 Å². The number of ether oxygens (including phenoxy) is 1. The van der Waals surface area contributed by atoms with Gasteiger partial charge in [0.15, 0.2) is 5.69 Å². The molecule has 0 aromatic carbocycles. The van der Waals surface area contributed by atoms with Crippen LogP contribution < -0.4 is 0 Å². The fourth-order valence-electron chi connectivity index (χ4n) is 2.20. The molecule has 0 bridgehead atoms. The highest BCUT2D eigenvalue weighted by atomic mass is 19.4. The third kappa shape index (κ3) is 4.82. The van der Waals surface area contributed by atoms with Gasteiger partial charge in [-0.25, -0.2) is 23.4 Å². The number of isocyanates is 1. The maximum Gasteiger partial charge on any atom is 0.434 e. The Balaban J connectivity index is 3.99. The summed E-state index contributed by atoms with van der Waals surface area (Å²) in [6.45, 7) is 4.33. The van der Waals surface area contributed by atoms with Crippen LogP contribution in [0.2, 0.25) is 0 Å². The van der Waals surface area contributed by atoms with Gasteiger partial charge in [0, 0.05) is 0 Å². The van der Waals surface area contributed by atoms with E-state index in [-0.39, 0.29) is 18.9 Å². The van der Waals surface area contributed by atoms with Crippen molar-refractivity contribution in [1.82, 2.24) is 4.98 Å².